The second kappa shape index (κ2) is 4.92. The van der Waals surface area contributed by atoms with Gasteiger partial charge in [-0.15, -0.1) is 0 Å². The van der Waals surface area contributed by atoms with Crippen LogP contribution in [0.4, 0.5) is 5.95 Å². The van der Waals surface area contributed by atoms with Gasteiger partial charge in [-0.2, -0.15) is 4.98 Å². The number of nitrogens with zero attached hydrogens (tertiary/aromatic N) is 2. The molecule has 0 spiro atoms. The van der Waals surface area contributed by atoms with E-state index in [-0.39, 0.29) is 10.7 Å². The molecule has 0 aliphatic carbocycles. The van der Waals surface area contributed by atoms with E-state index in [0.717, 1.165) is 11.3 Å². The molecule has 0 atom stereocenters. The number of hydrogen-bond acceptors (Lipinski definition) is 5. The van der Waals surface area contributed by atoms with Gasteiger partial charge >= 0.3 is 0 Å². The minimum Gasteiger partial charge on any atom is -0.497 e. The molecule has 0 saturated heterocycles. The summed E-state index contributed by atoms with van der Waals surface area (Å²) in [7, 11) is 1.63. The Morgan fingerprint density at radius 3 is 2.94 bits per heavy atom. The Morgan fingerprint density at radius 2 is 2.24 bits per heavy atom. The van der Waals surface area contributed by atoms with Gasteiger partial charge in [0.1, 0.15) is 11.6 Å². The first-order valence-electron chi connectivity index (χ1n) is 5.03. The van der Waals surface area contributed by atoms with Gasteiger partial charge in [0.2, 0.25) is 10.7 Å². The first-order chi connectivity index (χ1) is 8.17. The van der Waals surface area contributed by atoms with Crippen LogP contribution in [0.1, 0.15) is 11.4 Å². The van der Waals surface area contributed by atoms with E-state index in [9.17, 15) is 0 Å². The number of anilines is 1. The fourth-order valence-corrected chi connectivity index (χ4v) is 1.72. The average molecular weight is 248 g/mol. The molecule has 2 rings (SSSR count). The monoisotopic (exact) mass is 248 g/mol. The molecule has 1 aromatic heterocycles. The maximum atomic E-state index is 5.57. The number of methoxy groups -OCH3 is 1. The molecule has 1 aromatic carbocycles. The smallest absolute Gasteiger partial charge is 0.224 e. The Morgan fingerprint density at radius 1 is 1.41 bits per heavy atom. The number of nitrogen functional groups attached to an aromatic ring is 1. The van der Waals surface area contributed by atoms with Gasteiger partial charge in [-0.1, -0.05) is 12.1 Å². The molecular formula is C11H12N4OS. The summed E-state index contributed by atoms with van der Waals surface area (Å²) in [6.45, 7) is 0. The average Bonchev–Trinajstić information content (AvgIpc) is 2.28. The van der Waals surface area contributed by atoms with E-state index in [4.69, 9.17) is 22.7 Å². The number of rotatable bonds is 3. The van der Waals surface area contributed by atoms with E-state index in [2.05, 4.69) is 15.0 Å². The summed E-state index contributed by atoms with van der Waals surface area (Å²) in [5.74, 6) is 1.78. The summed E-state index contributed by atoms with van der Waals surface area (Å²) >= 11 is 4.90. The van der Waals surface area contributed by atoms with E-state index in [1.807, 2.05) is 24.3 Å². The third-order valence-corrected chi connectivity index (χ3v) is 2.41. The normalized spacial score (nSPS) is 10.2. The summed E-state index contributed by atoms with van der Waals surface area (Å²) in [5.41, 5.74) is 6.63. The van der Waals surface area contributed by atoms with Crippen LogP contribution in [0.15, 0.2) is 24.3 Å². The first kappa shape index (κ1) is 11.5. The highest BCUT2D eigenvalue weighted by Gasteiger charge is 2.01. The first-order valence-corrected chi connectivity index (χ1v) is 5.44. The van der Waals surface area contributed by atoms with Gasteiger partial charge in [-0.05, 0) is 29.9 Å². The quantitative estimate of drug-likeness (QED) is 0.809. The molecule has 0 aliphatic rings. The third kappa shape index (κ3) is 3.01. The lowest BCUT2D eigenvalue weighted by molar-refractivity contribution is 0.414. The van der Waals surface area contributed by atoms with E-state index in [1.54, 1.807) is 7.11 Å². The van der Waals surface area contributed by atoms with Crippen molar-refractivity contribution >= 4 is 18.2 Å². The van der Waals surface area contributed by atoms with Crippen LogP contribution in [0.5, 0.6) is 5.75 Å². The molecule has 0 amide bonds. The van der Waals surface area contributed by atoms with Crippen molar-refractivity contribution in [2.24, 2.45) is 0 Å². The molecule has 3 N–H and O–H groups in total. The summed E-state index contributed by atoms with van der Waals surface area (Å²) in [4.78, 5) is 10.8. The topological polar surface area (TPSA) is 76.8 Å². The Balaban J connectivity index is 2.27. The minimum absolute atomic E-state index is 0.249. The highest BCUT2D eigenvalue weighted by molar-refractivity contribution is 7.71. The van der Waals surface area contributed by atoms with Crippen molar-refractivity contribution in [1.29, 1.82) is 0 Å². The van der Waals surface area contributed by atoms with Gasteiger partial charge in [0.15, 0.2) is 0 Å². The zero-order valence-corrected chi connectivity index (χ0v) is 10.1. The maximum Gasteiger partial charge on any atom is 0.224 e. The molecular weight excluding hydrogens is 236 g/mol. The van der Waals surface area contributed by atoms with Crippen LogP contribution in [0.2, 0.25) is 0 Å². The number of benzene rings is 1. The molecule has 17 heavy (non-hydrogen) atoms. The number of ether oxygens (including phenoxy) is 1. The number of hydrogen-bond donors (Lipinski definition) is 2. The molecule has 2 aromatic rings. The maximum absolute atomic E-state index is 5.57. The Bertz CT molecular complexity index is 582. The second-order valence-electron chi connectivity index (χ2n) is 3.49. The van der Waals surface area contributed by atoms with Crippen LogP contribution in [0.3, 0.4) is 0 Å². The fraction of sp³-hybridized carbons (Fsp3) is 0.182. The van der Waals surface area contributed by atoms with Gasteiger partial charge in [0, 0.05) is 6.42 Å². The van der Waals surface area contributed by atoms with Crippen molar-refractivity contribution in [3.05, 3.63) is 40.4 Å². The van der Waals surface area contributed by atoms with Crippen LogP contribution in [0.25, 0.3) is 0 Å². The molecule has 0 saturated carbocycles. The van der Waals surface area contributed by atoms with Crippen molar-refractivity contribution in [3.8, 4) is 5.75 Å². The van der Waals surface area contributed by atoms with Crippen LogP contribution >= 0.6 is 12.2 Å². The molecule has 0 fully saturated rings. The largest absolute Gasteiger partial charge is 0.497 e. The zero-order valence-electron chi connectivity index (χ0n) is 9.30. The highest BCUT2D eigenvalue weighted by atomic mass is 32.1. The van der Waals surface area contributed by atoms with Gasteiger partial charge in [-0.25, -0.2) is 4.98 Å². The molecule has 0 unspecified atom stereocenters. The van der Waals surface area contributed by atoms with Crippen molar-refractivity contribution < 1.29 is 4.74 Å². The Kier molecular flexibility index (Phi) is 3.34. The third-order valence-electron chi connectivity index (χ3n) is 2.22. The molecule has 5 nitrogen and oxygen atoms in total. The molecule has 88 valence electrons. The van der Waals surface area contributed by atoms with Crippen molar-refractivity contribution in [2.75, 3.05) is 12.8 Å². The summed E-state index contributed by atoms with van der Waals surface area (Å²) in [6.07, 6.45) is 0.605. The summed E-state index contributed by atoms with van der Waals surface area (Å²) < 4.78 is 5.40. The standard InChI is InChI=1S/C11H12N4OS/c1-16-8-4-2-3-7(5-8)6-9-13-10(12)15-11(17)14-9/h2-5H,6H2,1H3,(H3,12,13,14,15,17). The van der Waals surface area contributed by atoms with Gasteiger partial charge in [0.05, 0.1) is 7.11 Å². The van der Waals surface area contributed by atoms with Gasteiger partial charge in [0.25, 0.3) is 0 Å². The van der Waals surface area contributed by atoms with E-state index in [1.165, 1.54) is 0 Å². The van der Waals surface area contributed by atoms with Crippen LogP contribution in [-0.2, 0) is 6.42 Å². The van der Waals surface area contributed by atoms with Gasteiger partial charge in [-0.3, -0.25) is 0 Å². The Hall–Kier alpha value is -1.95. The van der Waals surface area contributed by atoms with E-state index in [0.29, 0.717) is 12.2 Å². The predicted octanol–water partition coefficient (Wildman–Crippen LogP) is 1.72. The van der Waals surface area contributed by atoms with Crippen molar-refractivity contribution in [2.45, 2.75) is 6.42 Å². The second-order valence-corrected chi connectivity index (χ2v) is 3.86. The lowest BCUT2D eigenvalue weighted by Gasteiger charge is -2.04. The molecule has 6 heteroatoms. The number of aromatic amines is 1. The van der Waals surface area contributed by atoms with Crippen molar-refractivity contribution in [3.63, 3.8) is 0 Å². The lowest BCUT2D eigenvalue weighted by Crippen LogP contribution is -2.03. The van der Waals surface area contributed by atoms with Crippen LogP contribution in [0, 0.1) is 4.77 Å². The zero-order chi connectivity index (χ0) is 12.3. The highest BCUT2D eigenvalue weighted by Crippen LogP contribution is 2.14. The van der Waals surface area contributed by atoms with Crippen LogP contribution in [-0.4, -0.2) is 22.1 Å². The molecule has 0 aliphatic heterocycles. The number of nitrogens with two attached hydrogens (primary N) is 1. The summed E-state index contributed by atoms with van der Waals surface area (Å²) in [6, 6.07) is 7.74. The molecule has 0 radical (unpaired) electrons. The predicted molar refractivity (Wildman–Crippen MR) is 67.4 cm³/mol. The number of H-pyrrole nitrogens is 1. The van der Waals surface area contributed by atoms with Gasteiger partial charge < -0.3 is 15.5 Å². The van der Waals surface area contributed by atoms with Crippen LogP contribution < -0.4 is 10.5 Å². The van der Waals surface area contributed by atoms with Crippen molar-refractivity contribution in [1.82, 2.24) is 15.0 Å². The minimum atomic E-state index is 0.249. The van der Waals surface area contributed by atoms with E-state index < -0.39 is 0 Å². The lowest BCUT2D eigenvalue weighted by atomic mass is 10.1. The SMILES string of the molecule is COc1cccc(Cc2nc(=S)nc(N)[nH]2)c1. The van der Waals surface area contributed by atoms with E-state index >= 15 is 0 Å². The number of aromatic nitrogens is 3. The molecule has 1 heterocycles. The molecule has 0 bridgehead atoms. The number of nitrogens with one attached hydrogen (secondary N) is 1. The fourth-order valence-electron chi connectivity index (χ4n) is 1.51. The Labute approximate surface area is 104 Å². The summed E-state index contributed by atoms with van der Waals surface area (Å²) in [5, 5.41) is 0.